The maximum absolute atomic E-state index is 12.8. The predicted octanol–water partition coefficient (Wildman–Crippen LogP) is 3.92. The van der Waals surface area contributed by atoms with Crippen molar-refractivity contribution in [1.82, 2.24) is 5.32 Å². The Morgan fingerprint density at radius 1 is 0.893 bits per heavy atom. The molecule has 0 bridgehead atoms. The number of nitrogens with one attached hydrogen (secondary N) is 1. The van der Waals surface area contributed by atoms with Crippen molar-refractivity contribution in [3.63, 3.8) is 0 Å². The van der Waals surface area contributed by atoms with Gasteiger partial charge in [0, 0.05) is 5.56 Å². The maximum Gasteiger partial charge on any atom is 0.335 e. The third-order valence-electron chi connectivity index (χ3n) is 4.37. The Bertz CT molecular complexity index is 1100. The third-order valence-corrected chi connectivity index (χ3v) is 4.37. The zero-order valence-electron chi connectivity index (χ0n) is 15.0. The van der Waals surface area contributed by atoms with Crippen LogP contribution in [0.5, 0.6) is 0 Å². The highest BCUT2D eigenvalue weighted by atomic mass is 16.3. The van der Waals surface area contributed by atoms with Gasteiger partial charge in [-0.2, -0.15) is 0 Å². The number of carbonyl (C=O) groups is 3. The van der Waals surface area contributed by atoms with Crippen molar-refractivity contribution in [3.8, 4) is 11.3 Å². The minimum absolute atomic E-state index is 0.172. The number of urea groups is 1. The molecule has 3 aromatic rings. The predicted molar refractivity (Wildman–Crippen MR) is 104 cm³/mol. The van der Waals surface area contributed by atoms with Gasteiger partial charge in [-0.05, 0) is 37.3 Å². The van der Waals surface area contributed by atoms with E-state index in [-0.39, 0.29) is 5.57 Å². The van der Waals surface area contributed by atoms with Crippen molar-refractivity contribution in [3.05, 3.63) is 83.6 Å². The van der Waals surface area contributed by atoms with Crippen molar-refractivity contribution < 1.29 is 18.8 Å². The van der Waals surface area contributed by atoms with Crippen LogP contribution >= 0.6 is 0 Å². The SMILES string of the molecule is Cc1ccc(N2C(=O)NC(=O)C(=Cc3ccc(-c4ccccc4)o3)C2=O)cc1. The molecular weight excluding hydrogens is 356 g/mol. The molecule has 0 aliphatic carbocycles. The van der Waals surface area contributed by atoms with Crippen LogP contribution in [0.3, 0.4) is 0 Å². The second-order valence-corrected chi connectivity index (χ2v) is 6.36. The summed E-state index contributed by atoms with van der Waals surface area (Å²) >= 11 is 0. The van der Waals surface area contributed by atoms with Gasteiger partial charge in [-0.3, -0.25) is 14.9 Å². The van der Waals surface area contributed by atoms with Gasteiger partial charge in [-0.1, -0.05) is 48.0 Å². The number of nitrogens with zero attached hydrogens (tertiary/aromatic N) is 1. The zero-order chi connectivity index (χ0) is 19.7. The van der Waals surface area contributed by atoms with E-state index >= 15 is 0 Å². The van der Waals surface area contributed by atoms with Crippen molar-refractivity contribution in [1.29, 1.82) is 0 Å². The molecule has 0 atom stereocenters. The summed E-state index contributed by atoms with van der Waals surface area (Å²) in [4.78, 5) is 38.2. The highest BCUT2D eigenvalue weighted by Gasteiger charge is 2.37. The molecule has 1 aliphatic rings. The van der Waals surface area contributed by atoms with Gasteiger partial charge in [-0.25, -0.2) is 9.69 Å². The minimum Gasteiger partial charge on any atom is -0.457 e. The van der Waals surface area contributed by atoms with Crippen LogP contribution < -0.4 is 10.2 Å². The highest BCUT2D eigenvalue weighted by Crippen LogP contribution is 2.25. The topological polar surface area (TPSA) is 79.6 Å². The van der Waals surface area contributed by atoms with Gasteiger partial charge in [0.05, 0.1) is 5.69 Å². The molecule has 4 amide bonds. The molecule has 1 saturated heterocycles. The van der Waals surface area contributed by atoms with Crippen LogP contribution in [0.4, 0.5) is 10.5 Å². The van der Waals surface area contributed by atoms with Crippen molar-refractivity contribution in [2.24, 2.45) is 0 Å². The Kier molecular flexibility index (Phi) is 4.37. The molecule has 28 heavy (non-hydrogen) atoms. The lowest BCUT2D eigenvalue weighted by Crippen LogP contribution is -2.54. The van der Waals surface area contributed by atoms with Crippen LogP contribution in [0.25, 0.3) is 17.4 Å². The average molecular weight is 372 g/mol. The molecule has 0 unspecified atom stereocenters. The summed E-state index contributed by atoms with van der Waals surface area (Å²) in [6.45, 7) is 1.90. The van der Waals surface area contributed by atoms with E-state index in [2.05, 4.69) is 5.32 Å². The number of rotatable bonds is 3. The van der Waals surface area contributed by atoms with E-state index in [1.807, 2.05) is 37.3 Å². The number of hydrogen-bond donors (Lipinski definition) is 1. The molecule has 2 aromatic carbocycles. The summed E-state index contributed by atoms with van der Waals surface area (Å²) in [5, 5.41) is 2.20. The van der Waals surface area contributed by atoms with Gasteiger partial charge in [-0.15, -0.1) is 0 Å². The quantitative estimate of drug-likeness (QED) is 0.558. The lowest BCUT2D eigenvalue weighted by molar-refractivity contribution is -0.122. The fourth-order valence-electron chi connectivity index (χ4n) is 2.92. The Hall–Kier alpha value is -3.93. The average Bonchev–Trinajstić information content (AvgIpc) is 3.16. The molecule has 4 rings (SSSR count). The molecule has 1 aromatic heterocycles. The Labute approximate surface area is 161 Å². The van der Waals surface area contributed by atoms with Gasteiger partial charge in [0.2, 0.25) is 0 Å². The lowest BCUT2D eigenvalue weighted by Gasteiger charge is -2.26. The number of furan rings is 1. The highest BCUT2D eigenvalue weighted by molar-refractivity contribution is 6.39. The van der Waals surface area contributed by atoms with Gasteiger partial charge < -0.3 is 4.42 Å². The number of amides is 4. The second kappa shape index (κ2) is 7.00. The Morgan fingerprint density at radius 3 is 2.32 bits per heavy atom. The first-order chi connectivity index (χ1) is 13.5. The Morgan fingerprint density at radius 2 is 1.61 bits per heavy atom. The minimum atomic E-state index is -0.777. The molecular formula is C22H16N2O4. The van der Waals surface area contributed by atoms with E-state index in [0.717, 1.165) is 16.0 Å². The molecule has 1 aliphatic heterocycles. The zero-order valence-corrected chi connectivity index (χ0v) is 15.0. The van der Waals surface area contributed by atoms with E-state index in [1.165, 1.54) is 6.08 Å². The van der Waals surface area contributed by atoms with E-state index in [0.29, 0.717) is 17.2 Å². The number of anilines is 1. The molecule has 138 valence electrons. The van der Waals surface area contributed by atoms with Crippen LogP contribution in [-0.2, 0) is 9.59 Å². The second-order valence-electron chi connectivity index (χ2n) is 6.36. The summed E-state index contributed by atoms with van der Waals surface area (Å²) < 4.78 is 5.74. The fourth-order valence-corrected chi connectivity index (χ4v) is 2.92. The molecule has 6 nitrogen and oxygen atoms in total. The summed E-state index contributed by atoms with van der Waals surface area (Å²) in [6.07, 6.45) is 1.34. The number of hydrogen-bond acceptors (Lipinski definition) is 4. The van der Waals surface area contributed by atoms with E-state index < -0.39 is 17.8 Å². The first-order valence-corrected chi connectivity index (χ1v) is 8.66. The molecule has 0 saturated carbocycles. The van der Waals surface area contributed by atoms with Gasteiger partial charge in [0.1, 0.15) is 17.1 Å². The van der Waals surface area contributed by atoms with Crippen LogP contribution in [0.2, 0.25) is 0 Å². The van der Waals surface area contributed by atoms with Crippen LogP contribution in [0.15, 0.2) is 76.7 Å². The normalized spacial score (nSPS) is 15.8. The summed E-state index contributed by atoms with van der Waals surface area (Å²) in [7, 11) is 0. The van der Waals surface area contributed by atoms with Crippen molar-refractivity contribution in [2.45, 2.75) is 6.92 Å². The smallest absolute Gasteiger partial charge is 0.335 e. The summed E-state index contributed by atoms with van der Waals surface area (Å²) in [6, 6.07) is 19.0. The molecule has 0 spiro atoms. The summed E-state index contributed by atoms with van der Waals surface area (Å²) in [5.74, 6) is -0.496. The van der Waals surface area contributed by atoms with E-state index in [9.17, 15) is 14.4 Å². The molecule has 1 N–H and O–H groups in total. The third kappa shape index (κ3) is 3.23. The van der Waals surface area contributed by atoms with E-state index in [4.69, 9.17) is 4.42 Å². The van der Waals surface area contributed by atoms with E-state index in [1.54, 1.807) is 36.4 Å². The monoisotopic (exact) mass is 372 g/mol. The standard InChI is InChI=1S/C22H16N2O4/c1-14-7-9-16(10-8-14)24-21(26)18(20(25)23-22(24)27)13-17-11-12-19(28-17)15-5-3-2-4-6-15/h2-13H,1H3,(H,23,25,27). The molecule has 0 radical (unpaired) electrons. The number of imide groups is 2. The maximum atomic E-state index is 12.8. The van der Waals surface area contributed by atoms with Crippen LogP contribution in [0.1, 0.15) is 11.3 Å². The number of aryl methyl sites for hydroxylation is 1. The van der Waals surface area contributed by atoms with Gasteiger partial charge in [0.25, 0.3) is 11.8 Å². The van der Waals surface area contributed by atoms with Crippen LogP contribution in [-0.4, -0.2) is 17.8 Å². The largest absolute Gasteiger partial charge is 0.457 e. The fraction of sp³-hybridized carbons (Fsp3) is 0.0455. The molecule has 2 heterocycles. The van der Waals surface area contributed by atoms with Crippen LogP contribution in [0, 0.1) is 6.92 Å². The van der Waals surface area contributed by atoms with Crippen molar-refractivity contribution in [2.75, 3.05) is 4.90 Å². The van der Waals surface area contributed by atoms with Gasteiger partial charge >= 0.3 is 6.03 Å². The van der Waals surface area contributed by atoms with Crippen molar-refractivity contribution >= 4 is 29.6 Å². The molecule has 6 heteroatoms. The lowest BCUT2D eigenvalue weighted by atomic mass is 10.1. The first-order valence-electron chi connectivity index (χ1n) is 8.66. The first kappa shape index (κ1) is 17.5. The number of benzene rings is 2. The summed E-state index contributed by atoms with van der Waals surface area (Å²) in [5.41, 5.74) is 2.08. The van der Waals surface area contributed by atoms with Gasteiger partial charge in [0.15, 0.2) is 0 Å². The molecule has 1 fully saturated rings. The number of barbiturate groups is 1. The Balaban J connectivity index is 1.67. The number of carbonyl (C=O) groups excluding carboxylic acids is 3.